The molecule has 5 heteroatoms. The number of halogens is 2. The molecular weight excluding hydrogens is 257 g/mol. The molecule has 0 fully saturated rings. The topological polar surface area (TPSA) is 40.5 Å². The van der Waals surface area contributed by atoms with Crippen molar-refractivity contribution < 1.29 is 14.3 Å². The van der Waals surface area contributed by atoms with Crippen LogP contribution in [0.2, 0.25) is 5.02 Å². The van der Waals surface area contributed by atoms with Crippen LogP contribution in [0, 0.1) is 5.82 Å². The molecule has 0 bridgehead atoms. The third-order valence-corrected chi connectivity index (χ3v) is 2.72. The van der Waals surface area contributed by atoms with Crippen LogP contribution >= 0.6 is 11.6 Å². The third kappa shape index (κ3) is 3.96. The van der Waals surface area contributed by atoms with Crippen molar-refractivity contribution in [2.75, 3.05) is 13.1 Å². The smallest absolute Gasteiger partial charge is 0.255 e. The molecule has 1 rings (SSSR count). The Morgan fingerprint density at radius 2 is 2.11 bits per heavy atom. The van der Waals surface area contributed by atoms with Gasteiger partial charge in [-0.05, 0) is 39.0 Å². The van der Waals surface area contributed by atoms with Crippen molar-refractivity contribution in [3.63, 3.8) is 0 Å². The Hall–Kier alpha value is -1.13. The minimum Gasteiger partial charge on any atom is -0.389 e. The summed E-state index contributed by atoms with van der Waals surface area (Å²) in [5, 5.41) is 9.82. The fraction of sp³-hybridized carbons (Fsp3) is 0.462. The number of amides is 1. The minimum absolute atomic E-state index is 0.0780. The fourth-order valence-corrected chi connectivity index (χ4v) is 1.88. The Balaban J connectivity index is 2.97. The highest BCUT2D eigenvalue weighted by atomic mass is 35.5. The summed E-state index contributed by atoms with van der Waals surface area (Å²) in [5.74, 6) is -0.799. The van der Waals surface area contributed by atoms with Gasteiger partial charge in [-0.15, -0.1) is 0 Å². The van der Waals surface area contributed by atoms with Gasteiger partial charge in [-0.25, -0.2) is 4.39 Å². The van der Waals surface area contributed by atoms with Gasteiger partial charge >= 0.3 is 0 Å². The molecule has 100 valence electrons. The normalized spacial score (nSPS) is 11.4. The standard InChI is InChI=1S/C13H17ClFNO2/c1-4-16(8-13(2,3)18)12(17)10-6-5-9(15)7-11(10)14/h5-7,18H,4,8H2,1-3H3. The second-order valence-corrected chi connectivity index (χ2v) is 5.16. The van der Waals surface area contributed by atoms with Gasteiger partial charge in [0.25, 0.3) is 5.91 Å². The van der Waals surface area contributed by atoms with E-state index in [2.05, 4.69) is 0 Å². The van der Waals surface area contributed by atoms with Crippen LogP contribution in [0.25, 0.3) is 0 Å². The summed E-state index contributed by atoms with van der Waals surface area (Å²) in [4.78, 5) is 13.7. The number of carbonyl (C=O) groups is 1. The maximum Gasteiger partial charge on any atom is 0.255 e. The minimum atomic E-state index is -0.988. The Kier molecular flexibility index (Phi) is 4.71. The van der Waals surface area contributed by atoms with Gasteiger partial charge in [-0.2, -0.15) is 0 Å². The molecule has 1 aromatic rings. The second-order valence-electron chi connectivity index (χ2n) is 4.76. The zero-order valence-electron chi connectivity index (χ0n) is 10.7. The number of nitrogens with zero attached hydrogens (tertiary/aromatic N) is 1. The van der Waals surface area contributed by atoms with Crippen molar-refractivity contribution in [1.29, 1.82) is 0 Å². The molecule has 0 aliphatic heterocycles. The van der Waals surface area contributed by atoms with E-state index in [4.69, 9.17) is 11.6 Å². The molecule has 0 aliphatic rings. The van der Waals surface area contributed by atoms with Crippen molar-refractivity contribution in [2.24, 2.45) is 0 Å². The molecular formula is C13H17ClFNO2. The average Bonchev–Trinajstić information content (AvgIpc) is 2.24. The first-order valence-electron chi connectivity index (χ1n) is 5.71. The van der Waals surface area contributed by atoms with Gasteiger partial charge in [0, 0.05) is 13.1 Å². The number of aliphatic hydroxyl groups is 1. The van der Waals surface area contributed by atoms with E-state index in [1.807, 2.05) is 0 Å². The molecule has 0 saturated carbocycles. The van der Waals surface area contributed by atoms with Crippen LogP contribution in [0.5, 0.6) is 0 Å². The fourth-order valence-electron chi connectivity index (χ4n) is 1.63. The van der Waals surface area contributed by atoms with Crippen molar-refractivity contribution in [1.82, 2.24) is 4.90 Å². The highest BCUT2D eigenvalue weighted by Gasteiger charge is 2.23. The Labute approximate surface area is 111 Å². The van der Waals surface area contributed by atoms with Gasteiger partial charge in [0.1, 0.15) is 5.82 Å². The highest BCUT2D eigenvalue weighted by molar-refractivity contribution is 6.33. The van der Waals surface area contributed by atoms with Gasteiger partial charge in [0.05, 0.1) is 16.2 Å². The predicted octanol–water partition coefficient (Wildman–Crippen LogP) is 2.71. The maximum atomic E-state index is 12.9. The van der Waals surface area contributed by atoms with Gasteiger partial charge in [0.2, 0.25) is 0 Å². The van der Waals surface area contributed by atoms with E-state index in [-0.39, 0.29) is 23.0 Å². The van der Waals surface area contributed by atoms with Crippen LogP contribution < -0.4 is 0 Å². The van der Waals surface area contributed by atoms with E-state index >= 15 is 0 Å². The van der Waals surface area contributed by atoms with Crippen LogP contribution in [0.4, 0.5) is 4.39 Å². The molecule has 1 amide bonds. The lowest BCUT2D eigenvalue weighted by atomic mass is 10.1. The summed E-state index contributed by atoms with van der Waals surface area (Å²) < 4.78 is 12.9. The predicted molar refractivity (Wildman–Crippen MR) is 69.3 cm³/mol. The number of hydrogen-bond acceptors (Lipinski definition) is 2. The van der Waals surface area contributed by atoms with Crippen molar-refractivity contribution >= 4 is 17.5 Å². The van der Waals surface area contributed by atoms with Crippen molar-refractivity contribution in [2.45, 2.75) is 26.4 Å². The van der Waals surface area contributed by atoms with Crippen LogP contribution in [0.15, 0.2) is 18.2 Å². The molecule has 18 heavy (non-hydrogen) atoms. The highest BCUT2D eigenvalue weighted by Crippen LogP contribution is 2.20. The summed E-state index contributed by atoms with van der Waals surface area (Å²) in [6.07, 6.45) is 0. The van der Waals surface area contributed by atoms with E-state index in [9.17, 15) is 14.3 Å². The quantitative estimate of drug-likeness (QED) is 0.916. The zero-order valence-corrected chi connectivity index (χ0v) is 11.5. The van der Waals surface area contributed by atoms with Crippen LogP contribution in [0.1, 0.15) is 31.1 Å². The molecule has 0 radical (unpaired) electrons. The average molecular weight is 274 g/mol. The van der Waals surface area contributed by atoms with Crippen molar-refractivity contribution in [3.05, 3.63) is 34.6 Å². The zero-order chi connectivity index (χ0) is 13.9. The molecule has 0 unspecified atom stereocenters. The SMILES string of the molecule is CCN(CC(C)(C)O)C(=O)c1ccc(F)cc1Cl. The monoisotopic (exact) mass is 273 g/mol. The molecule has 0 aromatic heterocycles. The summed E-state index contributed by atoms with van der Waals surface area (Å²) in [6, 6.07) is 3.65. The Morgan fingerprint density at radius 1 is 1.50 bits per heavy atom. The van der Waals surface area contributed by atoms with E-state index in [1.54, 1.807) is 20.8 Å². The molecule has 0 aliphatic carbocycles. The Bertz CT molecular complexity index is 443. The van der Waals surface area contributed by atoms with Crippen molar-refractivity contribution in [3.8, 4) is 0 Å². The third-order valence-electron chi connectivity index (χ3n) is 2.41. The van der Waals surface area contributed by atoms with Gasteiger partial charge in [0.15, 0.2) is 0 Å². The summed E-state index contributed by atoms with van der Waals surface area (Å²) in [6.45, 7) is 5.68. The summed E-state index contributed by atoms with van der Waals surface area (Å²) in [5.41, 5.74) is -0.748. The number of benzene rings is 1. The van der Waals surface area contributed by atoms with Gasteiger partial charge in [-0.3, -0.25) is 4.79 Å². The maximum absolute atomic E-state index is 12.9. The van der Waals surface area contributed by atoms with E-state index in [0.717, 1.165) is 6.07 Å². The summed E-state index contributed by atoms with van der Waals surface area (Å²) >= 11 is 5.85. The first-order chi connectivity index (χ1) is 8.24. The molecule has 0 spiro atoms. The van der Waals surface area contributed by atoms with E-state index in [0.29, 0.717) is 6.54 Å². The van der Waals surface area contributed by atoms with Gasteiger partial charge < -0.3 is 10.0 Å². The van der Waals surface area contributed by atoms with E-state index in [1.165, 1.54) is 17.0 Å². The lowest BCUT2D eigenvalue weighted by Gasteiger charge is -2.28. The van der Waals surface area contributed by atoms with Crippen LogP contribution in [0.3, 0.4) is 0 Å². The molecule has 0 atom stereocenters. The largest absolute Gasteiger partial charge is 0.389 e. The molecule has 1 aromatic carbocycles. The number of hydrogen-bond donors (Lipinski definition) is 1. The van der Waals surface area contributed by atoms with E-state index < -0.39 is 11.4 Å². The first-order valence-corrected chi connectivity index (χ1v) is 6.09. The van der Waals surface area contributed by atoms with Crippen LogP contribution in [-0.2, 0) is 0 Å². The first kappa shape index (κ1) is 14.9. The molecule has 0 heterocycles. The number of likely N-dealkylation sites (N-methyl/N-ethyl adjacent to an activating group) is 1. The van der Waals surface area contributed by atoms with Gasteiger partial charge in [-0.1, -0.05) is 11.6 Å². The molecule has 3 nitrogen and oxygen atoms in total. The lowest BCUT2D eigenvalue weighted by molar-refractivity contribution is 0.0314. The number of carbonyl (C=O) groups excluding carboxylic acids is 1. The Morgan fingerprint density at radius 3 is 2.56 bits per heavy atom. The summed E-state index contributed by atoms with van der Waals surface area (Å²) in [7, 11) is 0. The van der Waals surface area contributed by atoms with Crippen LogP contribution in [-0.4, -0.2) is 34.6 Å². The molecule has 0 saturated heterocycles. The lowest BCUT2D eigenvalue weighted by Crippen LogP contribution is -2.42. The number of rotatable bonds is 4. The molecule has 1 N–H and O–H groups in total. The second kappa shape index (κ2) is 5.67.